The summed E-state index contributed by atoms with van der Waals surface area (Å²) in [5.41, 5.74) is -0.761. The molecule has 1 aromatic rings. The Morgan fingerprint density at radius 3 is 2.78 bits per heavy atom. The predicted molar refractivity (Wildman–Crippen MR) is 63.9 cm³/mol. The number of alkyl halides is 3. The highest BCUT2D eigenvalue weighted by Gasteiger charge is 2.32. The summed E-state index contributed by atoms with van der Waals surface area (Å²) in [7, 11) is 0. The second-order valence-electron chi connectivity index (χ2n) is 4.28. The van der Waals surface area contributed by atoms with Crippen molar-refractivity contribution in [3.8, 4) is 0 Å². The Balaban J connectivity index is 2.35. The van der Waals surface area contributed by atoms with Gasteiger partial charge in [-0.3, -0.25) is 0 Å². The van der Waals surface area contributed by atoms with E-state index in [1.54, 1.807) is 0 Å². The molecule has 1 atom stereocenters. The van der Waals surface area contributed by atoms with Crippen molar-refractivity contribution in [3.63, 3.8) is 0 Å². The molecule has 0 aromatic carbocycles. The van der Waals surface area contributed by atoms with E-state index < -0.39 is 11.7 Å². The molecule has 0 bridgehead atoms. The maximum Gasteiger partial charge on any atom is 0.416 e. The molecule has 1 unspecified atom stereocenters. The molecule has 0 aliphatic carbocycles. The Kier molecular flexibility index (Phi) is 3.68. The van der Waals surface area contributed by atoms with E-state index >= 15 is 0 Å². The number of halogens is 4. The average Bonchev–Trinajstić information content (AvgIpc) is 2.27. The number of anilines is 1. The standard InChI is InChI=1S/C11H13ClF3N3/c1-7-6-16-2-3-18(7)10-5-8(11(13,14)15)4-9(12)17-10/h4-5,7,16H,2-3,6H2,1H3. The summed E-state index contributed by atoms with van der Waals surface area (Å²) in [4.78, 5) is 5.82. The first kappa shape index (κ1) is 13.4. The van der Waals surface area contributed by atoms with Gasteiger partial charge < -0.3 is 10.2 Å². The van der Waals surface area contributed by atoms with Crippen molar-refractivity contribution in [2.24, 2.45) is 0 Å². The quantitative estimate of drug-likeness (QED) is 0.801. The van der Waals surface area contributed by atoms with Crippen LogP contribution >= 0.6 is 11.6 Å². The van der Waals surface area contributed by atoms with Gasteiger partial charge in [-0.2, -0.15) is 13.2 Å². The second kappa shape index (κ2) is 4.93. The average molecular weight is 280 g/mol. The maximum atomic E-state index is 12.7. The Morgan fingerprint density at radius 2 is 2.17 bits per heavy atom. The molecule has 1 aromatic heterocycles. The van der Waals surface area contributed by atoms with E-state index in [2.05, 4.69) is 10.3 Å². The van der Waals surface area contributed by atoms with Gasteiger partial charge in [0.15, 0.2) is 0 Å². The molecule has 0 radical (unpaired) electrons. The Labute approximate surface area is 108 Å². The smallest absolute Gasteiger partial charge is 0.351 e. The largest absolute Gasteiger partial charge is 0.416 e. The molecule has 2 rings (SSSR count). The van der Waals surface area contributed by atoms with Gasteiger partial charge in [-0.25, -0.2) is 4.98 Å². The number of pyridine rings is 1. The summed E-state index contributed by atoms with van der Waals surface area (Å²) in [6.45, 7) is 3.99. The lowest BCUT2D eigenvalue weighted by Crippen LogP contribution is -2.50. The van der Waals surface area contributed by atoms with Crippen molar-refractivity contribution in [2.75, 3.05) is 24.5 Å². The normalized spacial score (nSPS) is 21.2. The first-order valence-corrected chi connectivity index (χ1v) is 5.98. The summed E-state index contributed by atoms with van der Waals surface area (Å²) < 4.78 is 38.1. The van der Waals surface area contributed by atoms with E-state index in [1.165, 1.54) is 0 Å². The van der Waals surface area contributed by atoms with Crippen LogP contribution in [0.15, 0.2) is 12.1 Å². The van der Waals surface area contributed by atoms with Gasteiger partial charge in [0.25, 0.3) is 0 Å². The van der Waals surface area contributed by atoms with Crippen LogP contribution in [0, 0.1) is 0 Å². The zero-order valence-corrected chi connectivity index (χ0v) is 10.5. The molecule has 2 heterocycles. The molecule has 3 nitrogen and oxygen atoms in total. The Bertz CT molecular complexity index is 436. The van der Waals surface area contributed by atoms with Crippen molar-refractivity contribution in [3.05, 3.63) is 22.8 Å². The maximum absolute atomic E-state index is 12.7. The minimum absolute atomic E-state index is 0.0887. The van der Waals surface area contributed by atoms with E-state index in [0.717, 1.165) is 25.2 Å². The summed E-state index contributed by atoms with van der Waals surface area (Å²) in [6, 6.07) is 1.98. The van der Waals surface area contributed by atoms with Gasteiger partial charge in [0.1, 0.15) is 11.0 Å². The van der Waals surface area contributed by atoms with Crippen molar-refractivity contribution in [2.45, 2.75) is 19.1 Å². The van der Waals surface area contributed by atoms with E-state index in [1.807, 2.05) is 11.8 Å². The third kappa shape index (κ3) is 2.87. The Hall–Kier alpha value is -1.01. The molecule has 7 heteroatoms. The fraction of sp³-hybridized carbons (Fsp3) is 0.545. The zero-order chi connectivity index (χ0) is 13.3. The molecule has 1 saturated heterocycles. The lowest BCUT2D eigenvalue weighted by Gasteiger charge is -2.35. The Morgan fingerprint density at radius 1 is 1.44 bits per heavy atom. The fourth-order valence-corrected chi connectivity index (χ4v) is 2.18. The molecular formula is C11H13ClF3N3. The van der Waals surface area contributed by atoms with Gasteiger partial charge in [0.05, 0.1) is 5.56 Å². The third-order valence-corrected chi connectivity index (χ3v) is 3.10. The predicted octanol–water partition coefficient (Wildman–Crippen LogP) is 2.55. The van der Waals surface area contributed by atoms with Crippen LogP contribution in [0.1, 0.15) is 12.5 Å². The molecule has 0 amide bonds. The molecule has 1 aliphatic rings. The molecule has 0 spiro atoms. The van der Waals surface area contributed by atoms with Crippen LogP contribution in [-0.4, -0.2) is 30.7 Å². The van der Waals surface area contributed by atoms with Crippen LogP contribution in [0.2, 0.25) is 5.15 Å². The van der Waals surface area contributed by atoms with Crippen molar-refractivity contribution < 1.29 is 13.2 Å². The number of rotatable bonds is 1. The third-order valence-electron chi connectivity index (χ3n) is 2.90. The summed E-state index contributed by atoms with van der Waals surface area (Å²) in [5, 5.41) is 3.04. The lowest BCUT2D eigenvalue weighted by molar-refractivity contribution is -0.137. The van der Waals surface area contributed by atoms with Crippen LogP contribution in [0.5, 0.6) is 0 Å². The number of nitrogens with zero attached hydrogens (tertiary/aromatic N) is 2. The number of piperazine rings is 1. The highest BCUT2D eigenvalue weighted by atomic mass is 35.5. The zero-order valence-electron chi connectivity index (χ0n) is 9.76. The second-order valence-corrected chi connectivity index (χ2v) is 4.67. The van der Waals surface area contributed by atoms with E-state index in [0.29, 0.717) is 6.54 Å². The van der Waals surface area contributed by atoms with Gasteiger partial charge in [0.2, 0.25) is 0 Å². The van der Waals surface area contributed by atoms with E-state index in [9.17, 15) is 13.2 Å². The van der Waals surface area contributed by atoms with Gasteiger partial charge >= 0.3 is 6.18 Å². The molecule has 1 fully saturated rings. The summed E-state index contributed by atoms with van der Waals surface area (Å²) in [5.74, 6) is 0.281. The van der Waals surface area contributed by atoms with Crippen LogP contribution in [0.4, 0.5) is 19.0 Å². The minimum Gasteiger partial charge on any atom is -0.351 e. The van der Waals surface area contributed by atoms with Gasteiger partial charge in [0, 0.05) is 25.7 Å². The van der Waals surface area contributed by atoms with Crippen molar-refractivity contribution >= 4 is 17.4 Å². The van der Waals surface area contributed by atoms with E-state index in [-0.39, 0.29) is 17.0 Å². The number of hydrogen-bond acceptors (Lipinski definition) is 3. The topological polar surface area (TPSA) is 28.2 Å². The molecular weight excluding hydrogens is 267 g/mol. The van der Waals surface area contributed by atoms with E-state index in [4.69, 9.17) is 11.6 Å². The highest BCUT2D eigenvalue weighted by Crippen LogP contribution is 2.33. The monoisotopic (exact) mass is 279 g/mol. The number of hydrogen-bond donors (Lipinski definition) is 1. The minimum atomic E-state index is -4.40. The fourth-order valence-electron chi connectivity index (χ4n) is 1.98. The summed E-state index contributed by atoms with van der Waals surface area (Å²) in [6.07, 6.45) is -4.40. The number of nitrogens with one attached hydrogen (secondary N) is 1. The molecule has 1 N–H and O–H groups in total. The first-order valence-electron chi connectivity index (χ1n) is 5.60. The highest BCUT2D eigenvalue weighted by molar-refractivity contribution is 6.29. The molecule has 1 aliphatic heterocycles. The van der Waals surface area contributed by atoms with Crippen LogP contribution in [0.25, 0.3) is 0 Å². The van der Waals surface area contributed by atoms with Crippen LogP contribution in [-0.2, 0) is 6.18 Å². The lowest BCUT2D eigenvalue weighted by atomic mass is 10.2. The van der Waals surface area contributed by atoms with Crippen LogP contribution in [0.3, 0.4) is 0 Å². The van der Waals surface area contributed by atoms with Gasteiger partial charge in [-0.1, -0.05) is 11.6 Å². The van der Waals surface area contributed by atoms with Gasteiger partial charge in [-0.15, -0.1) is 0 Å². The van der Waals surface area contributed by atoms with Crippen molar-refractivity contribution in [1.82, 2.24) is 10.3 Å². The molecule has 18 heavy (non-hydrogen) atoms. The number of aromatic nitrogens is 1. The van der Waals surface area contributed by atoms with Crippen LogP contribution < -0.4 is 10.2 Å². The van der Waals surface area contributed by atoms with Gasteiger partial charge in [-0.05, 0) is 19.1 Å². The molecule has 100 valence electrons. The molecule has 0 saturated carbocycles. The van der Waals surface area contributed by atoms with Crippen molar-refractivity contribution in [1.29, 1.82) is 0 Å². The first-order chi connectivity index (χ1) is 8.38. The SMILES string of the molecule is CC1CNCCN1c1cc(C(F)(F)F)cc(Cl)n1. The summed E-state index contributed by atoms with van der Waals surface area (Å²) >= 11 is 5.67.